The minimum atomic E-state index is 0. The summed E-state index contributed by atoms with van der Waals surface area (Å²) in [5.41, 5.74) is 5.89. The molecule has 0 radical (unpaired) electrons. The van der Waals surface area contributed by atoms with Crippen LogP contribution in [-0.4, -0.2) is 46.3 Å². The third-order valence-corrected chi connectivity index (χ3v) is 6.68. The molecule has 3 aromatic rings. The quantitative estimate of drug-likeness (QED) is 0.253. The predicted octanol–water partition coefficient (Wildman–Crippen LogP) is 4.83. The minimum absolute atomic E-state index is 0. The van der Waals surface area contributed by atoms with Gasteiger partial charge in [-0.25, -0.2) is 4.68 Å². The van der Waals surface area contributed by atoms with Crippen molar-refractivity contribution >= 4 is 29.9 Å². The van der Waals surface area contributed by atoms with Crippen LogP contribution in [0.2, 0.25) is 0 Å². The lowest BCUT2D eigenvalue weighted by Crippen LogP contribution is -2.51. The highest BCUT2D eigenvalue weighted by atomic mass is 127. The number of nitrogens with zero attached hydrogens (tertiary/aromatic N) is 4. The van der Waals surface area contributed by atoms with Crippen LogP contribution in [0.1, 0.15) is 42.3 Å². The third-order valence-electron chi connectivity index (χ3n) is 6.68. The molecule has 4 rings (SSSR count). The van der Waals surface area contributed by atoms with Crippen LogP contribution in [0.25, 0.3) is 5.69 Å². The van der Waals surface area contributed by atoms with Gasteiger partial charge in [-0.1, -0.05) is 48.5 Å². The number of benzene rings is 2. The van der Waals surface area contributed by atoms with E-state index in [1.54, 1.807) is 0 Å². The van der Waals surface area contributed by atoms with Gasteiger partial charge in [0.1, 0.15) is 0 Å². The highest BCUT2D eigenvalue weighted by Gasteiger charge is 2.26. The second-order valence-corrected chi connectivity index (χ2v) is 8.99. The summed E-state index contributed by atoms with van der Waals surface area (Å²) in [6.45, 7) is 9.34. The molecule has 1 aromatic heterocycles. The zero-order valence-electron chi connectivity index (χ0n) is 20.7. The summed E-state index contributed by atoms with van der Waals surface area (Å²) in [6.07, 6.45) is 2.22. The van der Waals surface area contributed by atoms with Crippen molar-refractivity contribution in [3.05, 3.63) is 83.2 Å². The number of guanidine groups is 1. The molecule has 1 saturated heterocycles. The highest BCUT2D eigenvalue weighted by Crippen LogP contribution is 2.20. The predicted molar refractivity (Wildman–Crippen MR) is 151 cm³/mol. The zero-order chi connectivity index (χ0) is 23.2. The minimum Gasteiger partial charge on any atom is -0.354 e. The van der Waals surface area contributed by atoms with Gasteiger partial charge >= 0.3 is 0 Å². The lowest BCUT2D eigenvalue weighted by atomic mass is 9.97. The average Bonchev–Trinajstić information content (AvgIpc) is 3.12. The molecule has 0 aliphatic carbocycles. The van der Waals surface area contributed by atoms with Gasteiger partial charge in [-0.05, 0) is 51.3 Å². The summed E-state index contributed by atoms with van der Waals surface area (Å²) < 4.78 is 2.02. The van der Waals surface area contributed by atoms with Crippen LogP contribution in [0, 0.1) is 13.8 Å². The standard InChI is InChI=1S/C27H36N6.HI/c1-20-17-24(15-16-32(20)19-23-11-7-5-8-12-23)30-27(28-4)29-18-26-21(2)31-33(22(26)3)25-13-9-6-10-14-25;/h5-14,20,24H,15-19H2,1-4H3,(H2,28,29,30);1H. The van der Waals surface area contributed by atoms with E-state index in [4.69, 9.17) is 5.10 Å². The van der Waals surface area contributed by atoms with E-state index in [1.807, 2.05) is 29.9 Å². The van der Waals surface area contributed by atoms with Crippen molar-refractivity contribution in [2.75, 3.05) is 13.6 Å². The monoisotopic (exact) mass is 572 g/mol. The lowest BCUT2D eigenvalue weighted by molar-refractivity contribution is 0.134. The number of aliphatic imine (C=N–C) groups is 1. The van der Waals surface area contributed by atoms with E-state index < -0.39 is 0 Å². The molecule has 0 amide bonds. The number of aromatic nitrogens is 2. The molecule has 6 nitrogen and oxygen atoms in total. The van der Waals surface area contributed by atoms with Crippen LogP contribution < -0.4 is 10.6 Å². The first-order valence-electron chi connectivity index (χ1n) is 11.9. The van der Waals surface area contributed by atoms with E-state index in [1.165, 1.54) is 11.1 Å². The topological polar surface area (TPSA) is 57.5 Å². The summed E-state index contributed by atoms with van der Waals surface area (Å²) in [5.74, 6) is 0.856. The van der Waals surface area contributed by atoms with Crippen molar-refractivity contribution in [1.29, 1.82) is 0 Å². The molecule has 1 aliphatic rings. The van der Waals surface area contributed by atoms with Gasteiger partial charge in [0.15, 0.2) is 5.96 Å². The SMILES string of the molecule is CN=C(NCc1c(C)nn(-c2ccccc2)c1C)NC1CCN(Cc2ccccc2)C(C)C1.I. The van der Waals surface area contributed by atoms with Crippen LogP contribution >= 0.6 is 24.0 Å². The first-order valence-corrected chi connectivity index (χ1v) is 11.9. The number of hydrogen-bond donors (Lipinski definition) is 2. The van der Waals surface area contributed by atoms with Gasteiger partial charge < -0.3 is 10.6 Å². The zero-order valence-corrected chi connectivity index (χ0v) is 23.0. The number of para-hydroxylation sites is 1. The van der Waals surface area contributed by atoms with Crippen LogP contribution in [0.4, 0.5) is 0 Å². The Bertz CT molecular complexity index is 1060. The van der Waals surface area contributed by atoms with E-state index in [-0.39, 0.29) is 24.0 Å². The normalized spacial score (nSPS) is 18.9. The molecule has 0 saturated carbocycles. The maximum Gasteiger partial charge on any atom is 0.191 e. The van der Waals surface area contributed by atoms with Crippen LogP contribution in [0.15, 0.2) is 65.7 Å². The molecule has 0 spiro atoms. The maximum absolute atomic E-state index is 4.76. The fraction of sp³-hybridized carbons (Fsp3) is 0.407. The summed E-state index contributed by atoms with van der Waals surface area (Å²) >= 11 is 0. The van der Waals surface area contributed by atoms with Crippen LogP contribution in [-0.2, 0) is 13.1 Å². The number of nitrogens with one attached hydrogen (secondary N) is 2. The van der Waals surface area contributed by atoms with Crippen LogP contribution in [0.3, 0.4) is 0 Å². The molecule has 2 unspecified atom stereocenters. The molecule has 2 N–H and O–H groups in total. The van der Waals surface area contributed by atoms with Crippen molar-refractivity contribution in [3.63, 3.8) is 0 Å². The smallest absolute Gasteiger partial charge is 0.191 e. The first kappa shape index (κ1) is 26.2. The molecular formula is C27H37IN6. The van der Waals surface area contributed by atoms with E-state index in [9.17, 15) is 0 Å². The third kappa shape index (κ3) is 6.39. The molecular weight excluding hydrogens is 535 g/mol. The molecule has 2 heterocycles. The van der Waals surface area contributed by atoms with Gasteiger partial charge in [-0.2, -0.15) is 5.10 Å². The van der Waals surface area contributed by atoms with Crippen molar-refractivity contribution < 1.29 is 0 Å². The summed E-state index contributed by atoms with van der Waals surface area (Å²) in [6, 6.07) is 22.0. The van der Waals surface area contributed by atoms with Gasteiger partial charge in [0.25, 0.3) is 0 Å². The molecule has 34 heavy (non-hydrogen) atoms. The Hall–Kier alpha value is -2.39. The molecule has 182 valence electrons. The number of hydrogen-bond acceptors (Lipinski definition) is 3. The van der Waals surface area contributed by atoms with Crippen molar-refractivity contribution in [2.45, 2.75) is 58.8 Å². The number of likely N-dealkylation sites (tertiary alicyclic amines) is 1. The van der Waals surface area contributed by atoms with E-state index in [2.05, 4.69) is 83.8 Å². The van der Waals surface area contributed by atoms with Gasteiger partial charge in [-0.15, -0.1) is 24.0 Å². The molecule has 2 aromatic carbocycles. The number of aryl methyl sites for hydroxylation is 1. The van der Waals surface area contributed by atoms with Gasteiger partial charge in [-0.3, -0.25) is 9.89 Å². The summed E-state index contributed by atoms with van der Waals surface area (Å²) in [5, 5.41) is 11.9. The van der Waals surface area contributed by atoms with Crippen molar-refractivity contribution in [2.24, 2.45) is 4.99 Å². The summed E-state index contributed by atoms with van der Waals surface area (Å²) in [4.78, 5) is 7.06. The van der Waals surface area contributed by atoms with E-state index in [0.29, 0.717) is 18.6 Å². The Morgan fingerprint density at radius 1 is 1.06 bits per heavy atom. The van der Waals surface area contributed by atoms with Crippen LogP contribution in [0.5, 0.6) is 0 Å². The van der Waals surface area contributed by atoms with E-state index in [0.717, 1.165) is 49.0 Å². The lowest BCUT2D eigenvalue weighted by Gasteiger charge is -2.38. The Labute approximate surface area is 220 Å². The molecule has 1 fully saturated rings. The summed E-state index contributed by atoms with van der Waals surface area (Å²) in [7, 11) is 1.84. The Kier molecular flexibility index (Phi) is 9.53. The second-order valence-electron chi connectivity index (χ2n) is 8.99. The molecule has 0 bridgehead atoms. The fourth-order valence-corrected chi connectivity index (χ4v) is 4.72. The maximum atomic E-state index is 4.76. The molecule has 7 heteroatoms. The highest BCUT2D eigenvalue weighted by molar-refractivity contribution is 14.0. The van der Waals surface area contributed by atoms with Gasteiger partial charge in [0.2, 0.25) is 0 Å². The average molecular weight is 573 g/mol. The second kappa shape index (κ2) is 12.4. The Morgan fingerprint density at radius 2 is 1.74 bits per heavy atom. The number of rotatable bonds is 6. The fourth-order valence-electron chi connectivity index (χ4n) is 4.72. The Balaban J connectivity index is 0.00000324. The van der Waals surface area contributed by atoms with Crippen molar-refractivity contribution in [3.8, 4) is 5.69 Å². The van der Waals surface area contributed by atoms with Gasteiger partial charge in [0, 0.05) is 50.0 Å². The molecule has 1 aliphatic heterocycles. The number of halogens is 1. The molecule has 2 atom stereocenters. The van der Waals surface area contributed by atoms with E-state index >= 15 is 0 Å². The van der Waals surface area contributed by atoms with Gasteiger partial charge in [0.05, 0.1) is 11.4 Å². The largest absolute Gasteiger partial charge is 0.354 e. The van der Waals surface area contributed by atoms with Crippen molar-refractivity contribution in [1.82, 2.24) is 25.3 Å². The first-order chi connectivity index (χ1) is 16.0. The Morgan fingerprint density at radius 3 is 2.38 bits per heavy atom. The number of piperidine rings is 1.